The molecule has 0 saturated carbocycles. The number of fused-ring (bicyclic) bond motifs is 1. The van der Waals surface area contributed by atoms with Gasteiger partial charge in [0.25, 0.3) is 0 Å². The Balaban J connectivity index is 2.33. The minimum absolute atomic E-state index is 0.0833. The Kier molecular flexibility index (Phi) is 2.90. The van der Waals surface area contributed by atoms with Crippen molar-refractivity contribution < 1.29 is 5.11 Å². The molecule has 0 bridgehead atoms. The van der Waals surface area contributed by atoms with Gasteiger partial charge in [0.1, 0.15) is 11.6 Å². The summed E-state index contributed by atoms with van der Waals surface area (Å²) >= 11 is 0. The van der Waals surface area contributed by atoms with Crippen molar-refractivity contribution in [3.8, 4) is 17.1 Å². The van der Waals surface area contributed by atoms with E-state index in [1.165, 1.54) is 0 Å². The third-order valence-electron chi connectivity index (χ3n) is 3.52. The average molecular weight is 281 g/mol. The molecule has 0 aliphatic heterocycles. The molecule has 0 unspecified atom stereocenters. The van der Waals surface area contributed by atoms with Crippen molar-refractivity contribution in [1.29, 1.82) is 0 Å². The van der Waals surface area contributed by atoms with Crippen molar-refractivity contribution in [1.82, 2.24) is 9.55 Å². The molecule has 0 radical (unpaired) electrons. The second-order valence-electron chi connectivity index (χ2n) is 6.20. The van der Waals surface area contributed by atoms with Crippen molar-refractivity contribution >= 4 is 16.7 Å². The van der Waals surface area contributed by atoms with Crippen LogP contribution in [0.2, 0.25) is 0 Å². The fraction of sp³-hybridized carbons (Fsp3) is 0.235. The molecule has 2 aromatic carbocycles. The molecule has 4 heteroatoms. The van der Waals surface area contributed by atoms with Crippen molar-refractivity contribution in [2.24, 2.45) is 0 Å². The van der Waals surface area contributed by atoms with Crippen molar-refractivity contribution in [2.45, 2.75) is 26.3 Å². The number of nitrogens with zero attached hydrogens (tertiary/aromatic N) is 2. The third kappa shape index (κ3) is 2.23. The summed E-state index contributed by atoms with van der Waals surface area (Å²) in [5.41, 5.74) is 8.82. The van der Waals surface area contributed by atoms with Gasteiger partial charge in [0.15, 0.2) is 0 Å². The fourth-order valence-corrected chi connectivity index (χ4v) is 2.58. The first kappa shape index (κ1) is 13.5. The average Bonchev–Trinajstić information content (AvgIpc) is 2.81. The Hall–Kier alpha value is -2.49. The monoisotopic (exact) mass is 281 g/mol. The Morgan fingerprint density at radius 2 is 1.81 bits per heavy atom. The van der Waals surface area contributed by atoms with Gasteiger partial charge in [-0.15, -0.1) is 0 Å². The number of phenols is 1. The molecule has 0 fully saturated rings. The molecule has 0 aliphatic carbocycles. The summed E-state index contributed by atoms with van der Waals surface area (Å²) in [6.45, 7) is 6.42. The molecule has 0 spiro atoms. The summed E-state index contributed by atoms with van der Waals surface area (Å²) in [7, 11) is 0. The largest absolute Gasteiger partial charge is 0.506 e. The second kappa shape index (κ2) is 4.52. The van der Waals surface area contributed by atoms with Crippen LogP contribution in [-0.2, 0) is 5.54 Å². The molecule has 3 aromatic rings. The number of imidazole rings is 1. The normalized spacial score (nSPS) is 12.0. The van der Waals surface area contributed by atoms with E-state index in [4.69, 9.17) is 10.7 Å². The molecule has 0 atom stereocenters. The fourth-order valence-electron chi connectivity index (χ4n) is 2.58. The number of benzene rings is 2. The number of phenolic OH excluding ortho intramolecular Hbond substituents is 1. The lowest BCUT2D eigenvalue weighted by molar-refractivity contribution is 0.413. The number of anilines is 1. The van der Waals surface area contributed by atoms with Crippen LogP contribution in [0.1, 0.15) is 20.8 Å². The van der Waals surface area contributed by atoms with Gasteiger partial charge < -0.3 is 15.4 Å². The molecule has 0 saturated heterocycles. The maximum atomic E-state index is 9.87. The third-order valence-corrected chi connectivity index (χ3v) is 3.52. The van der Waals surface area contributed by atoms with Crippen LogP contribution in [0.25, 0.3) is 22.4 Å². The summed E-state index contributed by atoms with van der Waals surface area (Å²) in [5, 5.41) is 9.87. The summed E-state index contributed by atoms with van der Waals surface area (Å²) in [5.74, 6) is 0.916. The summed E-state index contributed by atoms with van der Waals surface area (Å²) in [6.07, 6.45) is 0. The van der Waals surface area contributed by atoms with Gasteiger partial charge in [-0.05, 0) is 51.1 Å². The predicted molar refractivity (Wildman–Crippen MR) is 86.2 cm³/mol. The lowest BCUT2D eigenvalue weighted by Gasteiger charge is -2.24. The minimum atomic E-state index is -0.123. The maximum Gasteiger partial charge on any atom is 0.141 e. The van der Waals surface area contributed by atoms with E-state index in [1.54, 1.807) is 12.1 Å². The smallest absolute Gasteiger partial charge is 0.141 e. The van der Waals surface area contributed by atoms with Gasteiger partial charge in [-0.1, -0.05) is 12.1 Å². The summed E-state index contributed by atoms with van der Waals surface area (Å²) in [6, 6.07) is 13.3. The second-order valence-corrected chi connectivity index (χ2v) is 6.20. The Labute approximate surface area is 123 Å². The van der Waals surface area contributed by atoms with Crippen molar-refractivity contribution in [3.63, 3.8) is 0 Å². The molecular weight excluding hydrogens is 262 g/mol. The topological polar surface area (TPSA) is 64.1 Å². The molecule has 108 valence electrons. The Morgan fingerprint density at radius 1 is 1.10 bits per heavy atom. The van der Waals surface area contributed by atoms with Crippen molar-refractivity contribution in [2.75, 3.05) is 5.73 Å². The van der Waals surface area contributed by atoms with Crippen LogP contribution in [0.4, 0.5) is 5.69 Å². The van der Waals surface area contributed by atoms with Crippen LogP contribution in [0.3, 0.4) is 0 Å². The summed E-state index contributed by atoms with van der Waals surface area (Å²) in [4.78, 5) is 4.73. The maximum absolute atomic E-state index is 9.87. The molecule has 1 heterocycles. The first-order chi connectivity index (χ1) is 9.88. The van der Waals surface area contributed by atoms with E-state index in [9.17, 15) is 5.11 Å². The van der Waals surface area contributed by atoms with Crippen LogP contribution in [0.5, 0.6) is 5.75 Å². The van der Waals surface area contributed by atoms with E-state index in [-0.39, 0.29) is 11.3 Å². The molecular formula is C17H19N3O. The van der Waals surface area contributed by atoms with Gasteiger partial charge in [-0.2, -0.15) is 0 Å². The number of para-hydroxylation sites is 2. The quantitative estimate of drug-likeness (QED) is 0.527. The standard InChI is InChI=1S/C17H19N3O/c1-17(2,3)20-14-7-5-4-6-13(14)19-16(20)11-8-9-12(18)15(21)10-11/h4-10,21H,18H2,1-3H3. The molecule has 0 amide bonds. The van der Waals surface area contributed by atoms with E-state index in [0.29, 0.717) is 5.69 Å². The SMILES string of the molecule is CC(C)(C)n1c(-c2ccc(N)c(O)c2)nc2ccccc21. The number of aromatic nitrogens is 2. The highest BCUT2D eigenvalue weighted by molar-refractivity contribution is 5.81. The summed E-state index contributed by atoms with van der Waals surface area (Å²) < 4.78 is 2.19. The first-order valence-corrected chi connectivity index (χ1v) is 6.95. The molecule has 3 rings (SSSR count). The number of hydrogen-bond acceptors (Lipinski definition) is 3. The number of hydrogen-bond donors (Lipinski definition) is 2. The lowest BCUT2D eigenvalue weighted by Crippen LogP contribution is -2.22. The minimum Gasteiger partial charge on any atom is -0.506 e. The molecule has 4 nitrogen and oxygen atoms in total. The highest BCUT2D eigenvalue weighted by Gasteiger charge is 2.22. The van der Waals surface area contributed by atoms with Gasteiger partial charge in [0.2, 0.25) is 0 Å². The van der Waals surface area contributed by atoms with Gasteiger partial charge in [-0.3, -0.25) is 0 Å². The zero-order chi connectivity index (χ0) is 15.2. The van der Waals surface area contributed by atoms with E-state index in [2.05, 4.69) is 31.4 Å². The van der Waals surface area contributed by atoms with Gasteiger partial charge >= 0.3 is 0 Å². The van der Waals surface area contributed by atoms with Gasteiger partial charge in [0.05, 0.1) is 16.7 Å². The zero-order valence-corrected chi connectivity index (χ0v) is 12.5. The number of nitrogens with two attached hydrogens (primary N) is 1. The number of nitrogen functional groups attached to an aromatic ring is 1. The molecule has 1 aromatic heterocycles. The predicted octanol–water partition coefficient (Wildman–Crippen LogP) is 3.75. The van der Waals surface area contributed by atoms with Crippen LogP contribution >= 0.6 is 0 Å². The van der Waals surface area contributed by atoms with Gasteiger partial charge in [0, 0.05) is 11.1 Å². The Morgan fingerprint density at radius 3 is 2.48 bits per heavy atom. The number of rotatable bonds is 1. The highest BCUT2D eigenvalue weighted by atomic mass is 16.3. The van der Waals surface area contributed by atoms with E-state index in [0.717, 1.165) is 22.4 Å². The lowest BCUT2D eigenvalue weighted by atomic mass is 10.1. The first-order valence-electron chi connectivity index (χ1n) is 6.95. The number of aromatic hydroxyl groups is 1. The van der Waals surface area contributed by atoms with Crippen LogP contribution in [0.15, 0.2) is 42.5 Å². The van der Waals surface area contributed by atoms with Crippen LogP contribution in [0, 0.1) is 0 Å². The van der Waals surface area contributed by atoms with E-state index in [1.807, 2.05) is 24.3 Å². The molecule has 3 N–H and O–H groups in total. The highest BCUT2D eigenvalue weighted by Crippen LogP contribution is 2.33. The van der Waals surface area contributed by atoms with E-state index < -0.39 is 0 Å². The zero-order valence-electron chi connectivity index (χ0n) is 12.5. The Bertz CT molecular complexity index is 813. The van der Waals surface area contributed by atoms with Crippen LogP contribution in [-0.4, -0.2) is 14.7 Å². The molecule has 0 aliphatic rings. The van der Waals surface area contributed by atoms with Crippen LogP contribution < -0.4 is 5.73 Å². The van der Waals surface area contributed by atoms with E-state index >= 15 is 0 Å². The van der Waals surface area contributed by atoms with Crippen molar-refractivity contribution in [3.05, 3.63) is 42.5 Å². The van der Waals surface area contributed by atoms with Gasteiger partial charge in [-0.25, -0.2) is 4.98 Å². The molecule has 21 heavy (non-hydrogen) atoms.